The van der Waals surface area contributed by atoms with Gasteiger partial charge in [-0.05, 0) is 50.2 Å². The van der Waals surface area contributed by atoms with Crippen LogP contribution in [0.4, 0.5) is 0 Å². The Kier molecular flexibility index (Phi) is 3.47. The lowest BCUT2D eigenvalue weighted by atomic mass is 9.86. The maximum absolute atomic E-state index is 12.0. The van der Waals surface area contributed by atoms with Crippen LogP contribution in [0.5, 0.6) is 5.75 Å². The highest BCUT2D eigenvalue weighted by molar-refractivity contribution is 5.97. The molecule has 4 nitrogen and oxygen atoms in total. The number of aromatic hydroxyl groups is 1. The first-order valence-corrected chi connectivity index (χ1v) is 7.27. The van der Waals surface area contributed by atoms with Crippen LogP contribution in [0.3, 0.4) is 0 Å². The number of rotatable bonds is 3. The smallest absolute Gasteiger partial charge is 0.275 e. The minimum Gasteiger partial charge on any atom is -0.507 e. The lowest BCUT2D eigenvalue weighted by Crippen LogP contribution is -2.24. The van der Waals surface area contributed by atoms with Crippen LogP contribution in [0, 0.1) is 17.8 Å². The highest BCUT2D eigenvalue weighted by Gasteiger charge is 2.40. The largest absolute Gasteiger partial charge is 0.507 e. The second-order valence-corrected chi connectivity index (χ2v) is 5.99. The Morgan fingerprint density at radius 2 is 2.10 bits per heavy atom. The number of nitrogens with zero attached hydrogens (tertiary/aromatic N) is 1. The van der Waals surface area contributed by atoms with Crippen molar-refractivity contribution in [2.45, 2.75) is 32.6 Å². The van der Waals surface area contributed by atoms with Crippen LogP contribution in [0.2, 0.25) is 0 Å². The van der Waals surface area contributed by atoms with Gasteiger partial charge in [0.05, 0.1) is 5.56 Å². The zero-order chi connectivity index (χ0) is 14.1. The fourth-order valence-electron chi connectivity index (χ4n) is 3.70. The van der Waals surface area contributed by atoms with Gasteiger partial charge < -0.3 is 5.11 Å². The van der Waals surface area contributed by atoms with E-state index in [0.717, 1.165) is 17.5 Å². The molecule has 106 valence electrons. The standard InChI is InChI=1S/C16H20N2O2/c1-10(14-9-11-6-7-12(14)8-11)17-18-16(20)13-4-2-3-5-15(13)19/h2-5,11-12,14,19H,6-9H2,1H3,(H,18,20)/b17-10+/t11-,12-,14+/m0/s1. The Morgan fingerprint density at radius 1 is 1.30 bits per heavy atom. The van der Waals surface area contributed by atoms with Crippen LogP contribution in [0.25, 0.3) is 0 Å². The molecule has 0 spiro atoms. The molecule has 1 amide bonds. The predicted octanol–water partition coefficient (Wildman–Crippen LogP) is 2.93. The Hall–Kier alpha value is -1.84. The van der Waals surface area contributed by atoms with Crippen LogP contribution >= 0.6 is 0 Å². The second-order valence-electron chi connectivity index (χ2n) is 5.99. The summed E-state index contributed by atoms with van der Waals surface area (Å²) in [6, 6.07) is 6.51. The van der Waals surface area contributed by atoms with Gasteiger partial charge in [0.2, 0.25) is 0 Å². The zero-order valence-corrected chi connectivity index (χ0v) is 11.7. The van der Waals surface area contributed by atoms with Crippen molar-refractivity contribution in [1.29, 1.82) is 0 Å². The van der Waals surface area contributed by atoms with Crippen molar-refractivity contribution in [1.82, 2.24) is 5.43 Å². The van der Waals surface area contributed by atoms with Gasteiger partial charge in [0, 0.05) is 11.6 Å². The third-order valence-electron chi connectivity index (χ3n) is 4.76. The summed E-state index contributed by atoms with van der Waals surface area (Å²) in [5.41, 5.74) is 3.84. The average Bonchev–Trinajstić information content (AvgIpc) is 3.07. The molecule has 1 aromatic rings. The first-order valence-electron chi connectivity index (χ1n) is 7.27. The van der Waals surface area contributed by atoms with E-state index in [0.29, 0.717) is 5.92 Å². The molecule has 2 N–H and O–H groups in total. The summed E-state index contributed by atoms with van der Waals surface area (Å²) in [6.45, 7) is 2.00. The molecule has 4 heteroatoms. The van der Waals surface area contributed by atoms with Crippen molar-refractivity contribution >= 4 is 11.6 Å². The van der Waals surface area contributed by atoms with E-state index in [1.165, 1.54) is 31.7 Å². The zero-order valence-electron chi connectivity index (χ0n) is 11.7. The summed E-state index contributed by atoms with van der Waals surface area (Å²) < 4.78 is 0. The number of carbonyl (C=O) groups is 1. The number of hydrogen-bond acceptors (Lipinski definition) is 3. The molecule has 20 heavy (non-hydrogen) atoms. The van der Waals surface area contributed by atoms with Crippen LogP contribution < -0.4 is 5.43 Å². The SMILES string of the molecule is C/C(=N\NC(=O)c1ccccc1O)[C@H]1C[C@H]2CC[C@H]1C2. The molecule has 2 aliphatic carbocycles. The number of carbonyl (C=O) groups excluding carboxylic acids is 1. The molecule has 0 saturated heterocycles. The second kappa shape index (κ2) is 5.27. The number of phenolic OH excluding ortho intramolecular Hbond substituents is 1. The minimum absolute atomic E-state index is 0.0159. The topological polar surface area (TPSA) is 61.7 Å². The Balaban J connectivity index is 1.65. The van der Waals surface area contributed by atoms with Gasteiger partial charge in [-0.25, -0.2) is 5.43 Å². The summed E-state index contributed by atoms with van der Waals surface area (Å²) >= 11 is 0. The van der Waals surface area contributed by atoms with Gasteiger partial charge in [-0.15, -0.1) is 0 Å². The van der Waals surface area contributed by atoms with Crippen LogP contribution in [-0.4, -0.2) is 16.7 Å². The minimum atomic E-state index is -0.356. The number of nitrogens with one attached hydrogen (secondary N) is 1. The molecule has 3 atom stereocenters. The average molecular weight is 272 g/mol. The number of hydrazone groups is 1. The predicted molar refractivity (Wildman–Crippen MR) is 77.6 cm³/mol. The van der Waals surface area contributed by atoms with Gasteiger partial charge in [0.1, 0.15) is 5.75 Å². The third-order valence-corrected chi connectivity index (χ3v) is 4.76. The Bertz CT molecular complexity index is 553. The van der Waals surface area contributed by atoms with Crippen LogP contribution in [0.1, 0.15) is 43.0 Å². The third kappa shape index (κ3) is 2.42. The fraction of sp³-hybridized carbons (Fsp3) is 0.500. The Labute approximate surface area is 118 Å². The summed E-state index contributed by atoms with van der Waals surface area (Å²) in [4.78, 5) is 12.0. The number of phenols is 1. The lowest BCUT2D eigenvalue weighted by molar-refractivity contribution is 0.0952. The van der Waals surface area contributed by atoms with E-state index in [1.54, 1.807) is 18.2 Å². The number of para-hydroxylation sites is 1. The number of benzene rings is 1. The normalized spacial score (nSPS) is 28.6. The van der Waals surface area contributed by atoms with Crippen molar-refractivity contribution < 1.29 is 9.90 Å². The highest BCUT2D eigenvalue weighted by Crippen LogP contribution is 2.48. The first kappa shape index (κ1) is 13.2. The molecule has 0 aliphatic heterocycles. The van der Waals surface area contributed by atoms with Crippen molar-refractivity contribution in [3.63, 3.8) is 0 Å². The molecule has 0 aromatic heterocycles. The van der Waals surface area contributed by atoms with E-state index < -0.39 is 0 Å². The molecule has 0 unspecified atom stereocenters. The molecule has 3 rings (SSSR count). The molecule has 2 bridgehead atoms. The molecule has 2 saturated carbocycles. The lowest BCUT2D eigenvalue weighted by Gasteiger charge is -2.21. The number of fused-ring (bicyclic) bond motifs is 2. The van der Waals surface area contributed by atoms with Gasteiger partial charge in [-0.2, -0.15) is 5.10 Å². The van der Waals surface area contributed by atoms with E-state index in [1.807, 2.05) is 6.92 Å². The van der Waals surface area contributed by atoms with Gasteiger partial charge in [0.15, 0.2) is 0 Å². The van der Waals surface area contributed by atoms with Crippen LogP contribution in [-0.2, 0) is 0 Å². The quantitative estimate of drug-likeness (QED) is 0.656. The Morgan fingerprint density at radius 3 is 2.75 bits per heavy atom. The molecule has 1 aromatic carbocycles. The van der Waals surface area contributed by atoms with Crippen LogP contribution in [0.15, 0.2) is 29.4 Å². The number of amides is 1. The molecular weight excluding hydrogens is 252 g/mol. The molecule has 2 aliphatic rings. The summed E-state index contributed by atoms with van der Waals surface area (Å²) in [6.07, 6.45) is 5.20. The van der Waals surface area contributed by atoms with E-state index in [4.69, 9.17) is 0 Å². The fourth-order valence-corrected chi connectivity index (χ4v) is 3.70. The van der Waals surface area contributed by atoms with Gasteiger partial charge in [-0.1, -0.05) is 18.6 Å². The van der Waals surface area contributed by atoms with Gasteiger partial charge in [-0.3, -0.25) is 4.79 Å². The monoisotopic (exact) mass is 272 g/mol. The summed E-state index contributed by atoms with van der Waals surface area (Å²) in [7, 11) is 0. The molecular formula is C16H20N2O2. The molecule has 2 fully saturated rings. The van der Waals surface area contributed by atoms with Crippen molar-refractivity contribution in [3.8, 4) is 5.75 Å². The molecule has 0 heterocycles. The maximum atomic E-state index is 12.0. The first-order chi connectivity index (χ1) is 9.65. The van der Waals surface area contributed by atoms with E-state index in [-0.39, 0.29) is 17.2 Å². The van der Waals surface area contributed by atoms with Gasteiger partial charge >= 0.3 is 0 Å². The van der Waals surface area contributed by atoms with Crippen molar-refractivity contribution in [2.75, 3.05) is 0 Å². The maximum Gasteiger partial charge on any atom is 0.275 e. The number of hydrogen-bond donors (Lipinski definition) is 2. The summed E-state index contributed by atoms with van der Waals surface area (Å²) in [5, 5.41) is 13.9. The highest BCUT2D eigenvalue weighted by atomic mass is 16.3. The van der Waals surface area contributed by atoms with E-state index >= 15 is 0 Å². The molecule has 0 radical (unpaired) electrons. The van der Waals surface area contributed by atoms with Gasteiger partial charge in [0.25, 0.3) is 5.91 Å². The van der Waals surface area contributed by atoms with Crippen molar-refractivity contribution in [2.24, 2.45) is 22.9 Å². The van der Waals surface area contributed by atoms with Crippen molar-refractivity contribution in [3.05, 3.63) is 29.8 Å². The summed E-state index contributed by atoms with van der Waals surface area (Å²) in [5.74, 6) is 1.77. The van der Waals surface area contributed by atoms with E-state index in [2.05, 4.69) is 10.5 Å². The van der Waals surface area contributed by atoms with E-state index in [9.17, 15) is 9.90 Å².